The standard InChI is InChI=1S/C14H18FN3O/c1-3-4-5-13-17-14(19-18-13)9-16-12-7-6-11(15)8-10(12)2/h6-8,16H,3-5,9H2,1-2H3. The van der Waals surface area contributed by atoms with E-state index in [9.17, 15) is 4.39 Å². The van der Waals surface area contributed by atoms with Gasteiger partial charge in [-0.1, -0.05) is 18.5 Å². The molecule has 0 radical (unpaired) electrons. The Morgan fingerprint density at radius 3 is 2.95 bits per heavy atom. The minimum absolute atomic E-state index is 0.234. The van der Waals surface area contributed by atoms with E-state index in [0.29, 0.717) is 12.4 Å². The number of nitrogens with zero attached hydrogens (tertiary/aromatic N) is 2. The summed E-state index contributed by atoms with van der Waals surface area (Å²) in [5.74, 6) is 1.06. The van der Waals surface area contributed by atoms with Crippen LogP contribution < -0.4 is 5.32 Å². The quantitative estimate of drug-likeness (QED) is 0.867. The number of rotatable bonds is 6. The maximum atomic E-state index is 13.0. The van der Waals surface area contributed by atoms with Gasteiger partial charge in [0.2, 0.25) is 5.89 Å². The molecular formula is C14H18FN3O. The van der Waals surface area contributed by atoms with Crippen LogP contribution >= 0.6 is 0 Å². The van der Waals surface area contributed by atoms with Gasteiger partial charge in [-0.3, -0.25) is 0 Å². The molecule has 0 saturated carbocycles. The molecule has 4 nitrogen and oxygen atoms in total. The number of unbranched alkanes of at least 4 members (excludes halogenated alkanes) is 1. The van der Waals surface area contributed by atoms with E-state index < -0.39 is 0 Å². The average Bonchev–Trinajstić information content (AvgIpc) is 2.83. The first-order valence-corrected chi connectivity index (χ1v) is 6.50. The summed E-state index contributed by atoms with van der Waals surface area (Å²) in [6.45, 7) is 4.43. The highest BCUT2D eigenvalue weighted by atomic mass is 19.1. The lowest BCUT2D eigenvalue weighted by molar-refractivity contribution is 0.377. The molecule has 1 N–H and O–H groups in total. The monoisotopic (exact) mass is 263 g/mol. The summed E-state index contributed by atoms with van der Waals surface area (Å²) in [4.78, 5) is 4.30. The van der Waals surface area contributed by atoms with Crippen LogP contribution in [-0.4, -0.2) is 10.1 Å². The van der Waals surface area contributed by atoms with E-state index in [1.165, 1.54) is 12.1 Å². The van der Waals surface area contributed by atoms with Crippen LogP contribution in [0.15, 0.2) is 22.7 Å². The van der Waals surface area contributed by atoms with Crippen LogP contribution in [0.5, 0.6) is 0 Å². The summed E-state index contributed by atoms with van der Waals surface area (Å²) in [7, 11) is 0. The van der Waals surface area contributed by atoms with E-state index in [1.807, 2.05) is 6.92 Å². The summed E-state index contributed by atoms with van der Waals surface area (Å²) in [5, 5.41) is 7.08. The van der Waals surface area contributed by atoms with Gasteiger partial charge in [0.05, 0.1) is 6.54 Å². The van der Waals surface area contributed by atoms with Crippen molar-refractivity contribution in [3.8, 4) is 0 Å². The van der Waals surface area contributed by atoms with Gasteiger partial charge in [0.25, 0.3) is 0 Å². The molecule has 0 bridgehead atoms. The highest BCUT2D eigenvalue weighted by Gasteiger charge is 2.06. The van der Waals surface area contributed by atoms with Gasteiger partial charge in [-0.05, 0) is 37.1 Å². The molecule has 0 unspecified atom stereocenters. The number of halogens is 1. The van der Waals surface area contributed by atoms with Crippen LogP contribution in [0.3, 0.4) is 0 Å². The zero-order chi connectivity index (χ0) is 13.7. The normalized spacial score (nSPS) is 10.7. The number of nitrogens with one attached hydrogen (secondary N) is 1. The molecule has 0 fully saturated rings. The first-order valence-electron chi connectivity index (χ1n) is 6.50. The van der Waals surface area contributed by atoms with Crippen LogP contribution in [-0.2, 0) is 13.0 Å². The minimum Gasteiger partial charge on any atom is -0.376 e. The first kappa shape index (κ1) is 13.5. The van der Waals surface area contributed by atoms with Crippen LogP contribution in [0, 0.1) is 12.7 Å². The van der Waals surface area contributed by atoms with E-state index in [0.717, 1.165) is 36.3 Å². The zero-order valence-corrected chi connectivity index (χ0v) is 11.2. The van der Waals surface area contributed by atoms with Crippen molar-refractivity contribution in [3.05, 3.63) is 41.3 Å². The predicted molar refractivity (Wildman–Crippen MR) is 71.4 cm³/mol. The van der Waals surface area contributed by atoms with Crippen molar-refractivity contribution < 1.29 is 8.91 Å². The van der Waals surface area contributed by atoms with Gasteiger partial charge >= 0.3 is 0 Å². The fraction of sp³-hybridized carbons (Fsp3) is 0.429. The molecule has 0 aliphatic carbocycles. The summed E-state index contributed by atoms with van der Waals surface area (Å²) in [5.41, 5.74) is 1.72. The van der Waals surface area contributed by atoms with Gasteiger partial charge < -0.3 is 9.84 Å². The van der Waals surface area contributed by atoms with Gasteiger partial charge in [-0.2, -0.15) is 4.98 Å². The summed E-state index contributed by atoms with van der Waals surface area (Å²) in [6, 6.07) is 4.62. The van der Waals surface area contributed by atoms with Crippen LogP contribution in [0.4, 0.5) is 10.1 Å². The third-order valence-electron chi connectivity index (χ3n) is 2.88. The highest BCUT2D eigenvalue weighted by molar-refractivity contribution is 5.50. The Kier molecular flexibility index (Phi) is 4.49. The Balaban J connectivity index is 1.92. The third-order valence-corrected chi connectivity index (χ3v) is 2.88. The van der Waals surface area contributed by atoms with E-state index in [4.69, 9.17) is 4.52 Å². The Morgan fingerprint density at radius 1 is 1.37 bits per heavy atom. The fourth-order valence-electron chi connectivity index (χ4n) is 1.79. The molecule has 2 rings (SSSR count). The number of anilines is 1. The van der Waals surface area contributed by atoms with Gasteiger partial charge in [0, 0.05) is 12.1 Å². The highest BCUT2D eigenvalue weighted by Crippen LogP contribution is 2.16. The van der Waals surface area contributed by atoms with Crippen molar-refractivity contribution in [3.63, 3.8) is 0 Å². The molecule has 19 heavy (non-hydrogen) atoms. The van der Waals surface area contributed by atoms with Gasteiger partial charge in [-0.15, -0.1) is 0 Å². The molecule has 102 valence electrons. The average molecular weight is 263 g/mol. The molecule has 0 atom stereocenters. The third kappa shape index (κ3) is 3.77. The van der Waals surface area contributed by atoms with Crippen LogP contribution in [0.2, 0.25) is 0 Å². The molecule has 0 saturated heterocycles. The van der Waals surface area contributed by atoms with Gasteiger partial charge in [0.15, 0.2) is 5.82 Å². The van der Waals surface area contributed by atoms with E-state index in [-0.39, 0.29) is 5.82 Å². The summed E-state index contributed by atoms with van der Waals surface area (Å²) in [6.07, 6.45) is 3.01. The Hall–Kier alpha value is -1.91. The van der Waals surface area contributed by atoms with Crippen molar-refractivity contribution in [1.29, 1.82) is 0 Å². The number of benzene rings is 1. The Labute approximate surface area is 112 Å². The molecular weight excluding hydrogens is 245 g/mol. The lowest BCUT2D eigenvalue weighted by atomic mass is 10.2. The van der Waals surface area contributed by atoms with Gasteiger partial charge in [0.1, 0.15) is 5.82 Å². The van der Waals surface area contributed by atoms with Crippen molar-refractivity contribution in [2.24, 2.45) is 0 Å². The molecule has 5 heteroatoms. The van der Waals surface area contributed by atoms with Crippen molar-refractivity contribution in [1.82, 2.24) is 10.1 Å². The van der Waals surface area contributed by atoms with E-state index in [2.05, 4.69) is 22.4 Å². The fourth-order valence-corrected chi connectivity index (χ4v) is 1.79. The maximum Gasteiger partial charge on any atom is 0.245 e. The Bertz CT molecular complexity index is 539. The SMILES string of the molecule is CCCCc1noc(CNc2ccc(F)cc2C)n1. The second-order valence-corrected chi connectivity index (χ2v) is 4.52. The lowest BCUT2D eigenvalue weighted by Crippen LogP contribution is -2.01. The zero-order valence-electron chi connectivity index (χ0n) is 11.2. The number of hydrogen-bond donors (Lipinski definition) is 1. The summed E-state index contributed by atoms with van der Waals surface area (Å²) < 4.78 is 18.1. The predicted octanol–water partition coefficient (Wildman–Crippen LogP) is 3.47. The van der Waals surface area contributed by atoms with Crippen molar-refractivity contribution in [2.75, 3.05) is 5.32 Å². The number of aromatic nitrogens is 2. The Morgan fingerprint density at radius 2 is 2.21 bits per heavy atom. The summed E-state index contributed by atoms with van der Waals surface area (Å²) >= 11 is 0. The van der Waals surface area contributed by atoms with Gasteiger partial charge in [-0.25, -0.2) is 4.39 Å². The smallest absolute Gasteiger partial charge is 0.245 e. The largest absolute Gasteiger partial charge is 0.376 e. The maximum absolute atomic E-state index is 13.0. The molecule has 1 aromatic carbocycles. The molecule has 0 spiro atoms. The van der Waals surface area contributed by atoms with Crippen molar-refractivity contribution >= 4 is 5.69 Å². The minimum atomic E-state index is -0.234. The second-order valence-electron chi connectivity index (χ2n) is 4.52. The second kappa shape index (κ2) is 6.31. The molecule has 1 heterocycles. The molecule has 1 aromatic heterocycles. The van der Waals surface area contributed by atoms with E-state index >= 15 is 0 Å². The topological polar surface area (TPSA) is 51.0 Å². The molecule has 0 aliphatic rings. The molecule has 0 amide bonds. The van der Waals surface area contributed by atoms with Crippen molar-refractivity contribution in [2.45, 2.75) is 39.7 Å². The van der Waals surface area contributed by atoms with Crippen LogP contribution in [0.25, 0.3) is 0 Å². The van der Waals surface area contributed by atoms with E-state index in [1.54, 1.807) is 6.07 Å². The molecule has 2 aromatic rings. The first-order chi connectivity index (χ1) is 9.19. The van der Waals surface area contributed by atoms with Crippen LogP contribution in [0.1, 0.15) is 37.0 Å². The lowest BCUT2D eigenvalue weighted by Gasteiger charge is -2.06. The number of aryl methyl sites for hydroxylation is 2. The molecule has 0 aliphatic heterocycles. The number of hydrogen-bond acceptors (Lipinski definition) is 4.